The van der Waals surface area contributed by atoms with E-state index < -0.39 is 0 Å². The largest absolute Gasteiger partial charge is 0.497 e. The molecule has 3 nitrogen and oxygen atoms in total. The van der Waals surface area contributed by atoms with E-state index in [-0.39, 0.29) is 5.91 Å². The van der Waals surface area contributed by atoms with Gasteiger partial charge in [0.25, 0.3) is 5.91 Å². The Bertz CT molecular complexity index is 1150. The lowest BCUT2D eigenvalue weighted by Crippen LogP contribution is -2.13. The number of nitrogens with one attached hydrogen (secondary N) is 1. The van der Waals surface area contributed by atoms with Crippen LogP contribution in [0.4, 0.5) is 5.69 Å². The zero-order chi connectivity index (χ0) is 20.9. The molecule has 0 spiro atoms. The molecule has 4 aromatic rings. The first-order chi connectivity index (χ1) is 14.7. The van der Waals surface area contributed by atoms with Gasteiger partial charge in [-0.15, -0.1) is 0 Å². The first-order valence-corrected chi connectivity index (χ1v) is 9.86. The first kappa shape index (κ1) is 19.5. The molecule has 0 heterocycles. The minimum atomic E-state index is -0.109. The van der Waals surface area contributed by atoms with Gasteiger partial charge in [0.2, 0.25) is 0 Å². The van der Waals surface area contributed by atoms with E-state index in [0.717, 1.165) is 39.3 Å². The van der Waals surface area contributed by atoms with Gasteiger partial charge in [0.05, 0.1) is 7.11 Å². The summed E-state index contributed by atoms with van der Waals surface area (Å²) in [5, 5.41) is 3.02. The molecule has 0 atom stereocenters. The van der Waals surface area contributed by atoms with E-state index in [9.17, 15) is 4.79 Å². The highest BCUT2D eigenvalue weighted by atomic mass is 16.5. The van der Waals surface area contributed by atoms with Gasteiger partial charge in [-0.2, -0.15) is 0 Å². The predicted octanol–water partition coefficient (Wildman–Crippen LogP) is 6.59. The Labute approximate surface area is 177 Å². The maximum atomic E-state index is 12.9. The van der Waals surface area contributed by atoms with Crippen LogP contribution in [-0.4, -0.2) is 13.0 Å². The van der Waals surface area contributed by atoms with Crippen molar-refractivity contribution in [2.75, 3.05) is 12.4 Å². The number of carbonyl (C=O) groups excluding carboxylic acids is 1. The lowest BCUT2D eigenvalue weighted by atomic mass is 9.96. The molecule has 0 saturated carbocycles. The molecule has 4 aromatic carbocycles. The van der Waals surface area contributed by atoms with Crippen molar-refractivity contribution in [1.29, 1.82) is 0 Å². The molecule has 0 saturated heterocycles. The Morgan fingerprint density at radius 3 is 1.97 bits per heavy atom. The molecule has 0 aliphatic carbocycles. The fourth-order valence-corrected chi connectivity index (χ4v) is 3.54. The van der Waals surface area contributed by atoms with E-state index in [0.29, 0.717) is 5.56 Å². The third kappa shape index (κ3) is 4.11. The van der Waals surface area contributed by atoms with Crippen LogP contribution < -0.4 is 10.1 Å². The Hall–Kier alpha value is -3.85. The van der Waals surface area contributed by atoms with Crippen LogP contribution in [0.1, 0.15) is 15.9 Å². The summed E-state index contributed by atoms with van der Waals surface area (Å²) in [6.45, 7) is 1.99. The van der Waals surface area contributed by atoms with Gasteiger partial charge < -0.3 is 10.1 Å². The van der Waals surface area contributed by atoms with Gasteiger partial charge in [-0.1, -0.05) is 66.7 Å². The summed E-state index contributed by atoms with van der Waals surface area (Å²) in [6.07, 6.45) is 0. The molecule has 0 radical (unpaired) electrons. The highest BCUT2D eigenvalue weighted by molar-refractivity contribution is 6.06. The fraction of sp³-hybridized carbons (Fsp3) is 0.0741. The van der Waals surface area contributed by atoms with Crippen LogP contribution >= 0.6 is 0 Å². The summed E-state index contributed by atoms with van der Waals surface area (Å²) >= 11 is 0. The summed E-state index contributed by atoms with van der Waals surface area (Å²) in [4.78, 5) is 12.9. The summed E-state index contributed by atoms with van der Waals surface area (Å²) < 4.78 is 5.21. The second-order valence-corrected chi connectivity index (χ2v) is 7.10. The minimum absolute atomic E-state index is 0.109. The Morgan fingerprint density at radius 2 is 1.33 bits per heavy atom. The van der Waals surface area contributed by atoms with Crippen LogP contribution in [0, 0.1) is 6.92 Å². The number of ether oxygens (including phenoxy) is 1. The lowest BCUT2D eigenvalue weighted by Gasteiger charge is -2.12. The minimum Gasteiger partial charge on any atom is -0.497 e. The topological polar surface area (TPSA) is 38.3 Å². The fourth-order valence-electron chi connectivity index (χ4n) is 3.54. The number of methoxy groups -OCH3 is 1. The van der Waals surface area contributed by atoms with Gasteiger partial charge in [-0.05, 0) is 65.1 Å². The molecule has 0 aromatic heterocycles. The summed E-state index contributed by atoms with van der Waals surface area (Å²) in [7, 11) is 1.66. The molecule has 0 unspecified atom stereocenters. The summed E-state index contributed by atoms with van der Waals surface area (Å²) in [6, 6.07) is 31.7. The van der Waals surface area contributed by atoms with Crippen LogP contribution in [0.25, 0.3) is 22.3 Å². The third-order valence-corrected chi connectivity index (χ3v) is 5.23. The van der Waals surface area contributed by atoms with Crippen LogP contribution in [0.15, 0.2) is 97.1 Å². The first-order valence-electron chi connectivity index (χ1n) is 9.86. The van der Waals surface area contributed by atoms with Gasteiger partial charge >= 0.3 is 0 Å². The zero-order valence-electron chi connectivity index (χ0n) is 17.1. The van der Waals surface area contributed by atoms with Gasteiger partial charge in [-0.25, -0.2) is 0 Å². The standard InChI is InChI=1S/C27H23NO2/c1-19-25(22-7-4-3-5-8-22)9-6-10-26(19)27(29)28-23-15-11-20(12-16-23)21-13-17-24(30-2)18-14-21/h3-18H,1-2H3,(H,28,29). The second-order valence-electron chi connectivity index (χ2n) is 7.10. The molecule has 1 N–H and O–H groups in total. The molecule has 0 bridgehead atoms. The quantitative estimate of drug-likeness (QED) is 0.415. The van der Waals surface area contributed by atoms with E-state index >= 15 is 0 Å². The number of carbonyl (C=O) groups is 1. The normalized spacial score (nSPS) is 10.5. The average Bonchev–Trinajstić information content (AvgIpc) is 2.80. The van der Waals surface area contributed by atoms with Crippen LogP contribution in [0.3, 0.4) is 0 Å². The molecule has 0 aliphatic heterocycles. The number of hydrogen-bond acceptors (Lipinski definition) is 2. The number of anilines is 1. The van der Waals surface area contributed by atoms with E-state index in [4.69, 9.17) is 4.74 Å². The smallest absolute Gasteiger partial charge is 0.255 e. The number of amides is 1. The van der Waals surface area contributed by atoms with Crippen molar-refractivity contribution in [1.82, 2.24) is 0 Å². The van der Waals surface area contributed by atoms with Crippen molar-refractivity contribution in [3.05, 3.63) is 108 Å². The second kappa shape index (κ2) is 8.66. The van der Waals surface area contributed by atoms with Crippen molar-refractivity contribution in [2.24, 2.45) is 0 Å². The molecular formula is C27H23NO2. The molecule has 3 heteroatoms. The maximum Gasteiger partial charge on any atom is 0.255 e. The molecule has 0 aliphatic rings. The molecular weight excluding hydrogens is 370 g/mol. The van der Waals surface area contributed by atoms with Gasteiger partial charge in [0, 0.05) is 11.3 Å². The van der Waals surface area contributed by atoms with E-state index in [1.54, 1.807) is 7.11 Å². The summed E-state index contributed by atoms with van der Waals surface area (Å²) in [5.74, 6) is 0.721. The Morgan fingerprint density at radius 1 is 0.700 bits per heavy atom. The Kier molecular flexibility index (Phi) is 5.62. The molecule has 4 rings (SSSR count). The van der Waals surface area contributed by atoms with E-state index in [1.807, 2.05) is 91.9 Å². The number of rotatable bonds is 5. The number of hydrogen-bond donors (Lipinski definition) is 1. The van der Waals surface area contributed by atoms with Crippen molar-refractivity contribution in [3.63, 3.8) is 0 Å². The molecule has 30 heavy (non-hydrogen) atoms. The average molecular weight is 393 g/mol. The number of benzene rings is 4. The molecule has 148 valence electrons. The maximum absolute atomic E-state index is 12.9. The van der Waals surface area contributed by atoms with Crippen molar-refractivity contribution < 1.29 is 9.53 Å². The van der Waals surface area contributed by atoms with Crippen molar-refractivity contribution in [3.8, 4) is 28.0 Å². The monoisotopic (exact) mass is 393 g/mol. The Balaban J connectivity index is 1.53. The molecule has 0 fully saturated rings. The molecule has 1 amide bonds. The van der Waals surface area contributed by atoms with Crippen LogP contribution in [0.2, 0.25) is 0 Å². The van der Waals surface area contributed by atoms with Crippen LogP contribution in [-0.2, 0) is 0 Å². The lowest BCUT2D eigenvalue weighted by molar-refractivity contribution is 0.102. The predicted molar refractivity (Wildman–Crippen MR) is 123 cm³/mol. The van der Waals surface area contributed by atoms with E-state index in [1.165, 1.54) is 0 Å². The summed E-state index contributed by atoms with van der Waals surface area (Å²) in [5.41, 5.74) is 6.76. The van der Waals surface area contributed by atoms with Gasteiger partial charge in [-0.3, -0.25) is 4.79 Å². The zero-order valence-corrected chi connectivity index (χ0v) is 17.1. The van der Waals surface area contributed by atoms with Gasteiger partial charge in [0.15, 0.2) is 0 Å². The van der Waals surface area contributed by atoms with Crippen LogP contribution in [0.5, 0.6) is 5.75 Å². The highest BCUT2D eigenvalue weighted by Crippen LogP contribution is 2.27. The van der Waals surface area contributed by atoms with Crippen molar-refractivity contribution >= 4 is 11.6 Å². The third-order valence-electron chi connectivity index (χ3n) is 5.23. The van der Waals surface area contributed by atoms with E-state index in [2.05, 4.69) is 17.4 Å². The van der Waals surface area contributed by atoms with Crippen molar-refractivity contribution in [2.45, 2.75) is 6.92 Å². The SMILES string of the molecule is COc1ccc(-c2ccc(NC(=O)c3cccc(-c4ccccc4)c3C)cc2)cc1. The van der Waals surface area contributed by atoms with Gasteiger partial charge in [0.1, 0.15) is 5.75 Å². The highest BCUT2D eigenvalue weighted by Gasteiger charge is 2.13.